The Hall–Kier alpha value is -2.80. The van der Waals surface area contributed by atoms with Crippen LogP contribution in [0.25, 0.3) is 0 Å². The molecule has 8 heteroatoms. The number of amides is 3. The van der Waals surface area contributed by atoms with Crippen LogP contribution < -0.4 is 15.4 Å². The van der Waals surface area contributed by atoms with Crippen LogP contribution in [0.2, 0.25) is 5.02 Å². The van der Waals surface area contributed by atoms with E-state index in [1.165, 1.54) is 4.90 Å². The Balaban J connectivity index is 1.82. The topological polar surface area (TPSA) is 83.6 Å². The van der Waals surface area contributed by atoms with E-state index in [-0.39, 0.29) is 18.9 Å². The van der Waals surface area contributed by atoms with Crippen LogP contribution >= 0.6 is 11.6 Å². The molecular formula is C18H21ClN4O3. The van der Waals surface area contributed by atoms with Crippen molar-refractivity contribution in [2.75, 3.05) is 26.0 Å². The lowest BCUT2D eigenvalue weighted by Crippen LogP contribution is -2.33. The minimum Gasteiger partial charge on any atom is -0.486 e. The average molecular weight is 377 g/mol. The largest absolute Gasteiger partial charge is 0.486 e. The second-order valence-corrected chi connectivity index (χ2v) is 6.08. The summed E-state index contributed by atoms with van der Waals surface area (Å²) in [5, 5.41) is 5.65. The van der Waals surface area contributed by atoms with Crippen LogP contribution in [0.3, 0.4) is 0 Å². The van der Waals surface area contributed by atoms with Crippen LogP contribution in [-0.2, 0) is 11.4 Å². The highest BCUT2D eigenvalue weighted by atomic mass is 35.5. The molecule has 2 aromatic rings. The molecule has 0 atom stereocenters. The summed E-state index contributed by atoms with van der Waals surface area (Å²) in [5.41, 5.74) is 1.31. The number of nitrogens with zero attached hydrogens (tertiary/aromatic N) is 2. The molecule has 3 amide bonds. The summed E-state index contributed by atoms with van der Waals surface area (Å²) in [6.07, 6.45) is 1.93. The molecule has 0 spiro atoms. The quantitative estimate of drug-likeness (QED) is 0.778. The Morgan fingerprint density at radius 2 is 2.04 bits per heavy atom. The minimum atomic E-state index is -0.408. The van der Waals surface area contributed by atoms with E-state index in [1.54, 1.807) is 38.5 Å². The van der Waals surface area contributed by atoms with Gasteiger partial charge in [-0.15, -0.1) is 0 Å². The Morgan fingerprint density at radius 3 is 2.69 bits per heavy atom. The summed E-state index contributed by atoms with van der Waals surface area (Å²) in [4.78, 5) is 28.9. The molecule has 0 aliphatic carbocycles. The summed E-state index contributed by atoms with van der Waals surface area (Å²) < 4.78 is 5.63. The third kappa shape index (κ3) is 6.25. The molecule has 1 aromatic carbocycles. The highest BCUT2D eigenvalue weighted by Gasteiger charge is 2.08. The predicted octanol–water partition coefficient (Wildman–Crippen LogP) is 2.91. The molecule has 138 valence electrons. The van der Waals surface area contributed by atoms with E-state index < -0.39 is 6.03 Å². The molecule has 1 aromatic heterocycles. The van der Waals surface area contributed by atoms with Crippen molar-refractivity contribution in [3.8, 4) is 5.75 Å². The minimum absolute atomic E-state index is 0.0530. The van der Waals surface area contributed by atoms with E-state index in [0.29, 0.717) is 23.1 Å². The standard InChI is InChI=1S/C18H21ClN4O3/c1-23(2)17(24)8-10-21-18(25)22-13-6-7-16(15(19)11-13)26-12-14-5-3-4-9-20-14/h3-7,9,11H,8,10,12H2,1-2H3,(H2,21,22,25). The van der Waals surface area contributed by atoms with Crippen molar-refractivity contribution in [1.29, 1.82) is 0 Å². The van der Waals surface area contributed by atoms with E-state index in [0.717, 1.165) is 5.69 Å². The van der Waals surface area contributed by atoms with Crippen molar-refractivity contribution in [3.63, 3.8) is 0 Å². The van der Waals surface area contributed by atoms with Crippen LogP contribution in [0.15, 0.2) is 42.6 Å². The van der Waals surface area contributed by atoms with E-state index in [9.17, 15) is 9.59 Å². The van der Waals surface area contributed by atoms with Gasteiger partial charge in [0.15, 0.2) is 0 Å². The maximum atomic E-state index is 11.8. The number of hydrogen-bond acceptors (Lipinski definition) is 4. The maximum absolute atomic E-state index is 11.8. The number of carbonyl (C=O) groups excluding carboxylic acids is 2. The molecule has 2 N–H and O–H groups in total. The zero-order valence-corrected chi connectivity index (χ0v) is 15.4. The molecular weight excluding hydrogens is 356 g/mol. The second-order valence-electron chi connectivity index (χ2n) is 5.67. The van der Waals surface area contributed by atoms with Crippen molar-refractivity contribution in [3.05, 3.63) is 53.3 Å². The van der Waals surface area contributed by atoms with E-state index in [1.807, 2.05) is 18.2 Å². The average Bonchev–Trinajstić information content (AvgIpc) is 2.61. The van der Waals surface area contributed by atoms with Gasteiger partial charge in [-0.1, -0.05) is 17.7 Å². The maximum Gasteiger partial charge on any atom is 0.319 e. The van der Waals surface area contributed by atoms with Crippen molar-refractivity contribution in [2.45, 2.75) is 13.0 Å². The Bertz CT molecular complexity index is 753. The smallest absolute Gasteiger partial charge is 0.319 e. The number of hydrogen-bond donors (Lipinski definition) is 2. The first-order chi connectivity index (χ1) is 12.5. The monoisotopic (exact) mass is 376 g/mol. The fraction of sp³-hybridized carbons (Fsp3) is 0.278. The fourth-order valence-electron chi connectivity index (χ4n) is 2.01. The summed E-state index contributed by atoms with van der Waals surface area (Å²) in [6.45, 7) is 0.551. The molecule has 0 aliphatic heterocycles. The summed E-state index contributed by atoms with van der Waals surface area (Å²) in [7, 11) is 3.34. The first kappa shape index (κ1) is 19.5. The van der Waals surface area contributed by atoms with Gasteiger partial charge in [-0.2, -0.15) is 0 Å². The van der Waals surface area contributed by atoms with Crippen molar-refractivity contribution in [2.24, 2.45) is 0 Å². The third-order valence-electron chi connectivity index (χ3n) is 3.41. The number of aromatic nitrogens is 1. The molecule has 0 aliphatic rings. The highest BCUT2D eigenvalue weighted by molar-refractivity contribution is 6.32. The molecule has 26 heavy (non-hydrogen) atoms. The van der Waals surface area contributed by atoms with E-state index in [2.05, 4.69) is 15.6 Å². The van der Waals surface area contributed by atoms with Crippen molar-refractivity contribution >= 4 is 29.2 Å². The summed E-state index contributed by atoms with van der Waals surface area (Å²) >= 11 is 6.19. The van der Waals surface area contributed by atoms with Crippen LogP contribution in [0.1, 0.15) is 12.1 Å². The molecule has 7 nitrogen and oxygen atoms in total. The Morgan fingerprint density at radius 1 is 1.23 bits per heavy atom. The Labute approximate surface area is 157 Å². The first-order valence-electron chi connectivity index (χ1n) is 8.03. The number of anilines is 1. The van der Waals surface area contributed by atoms with Crippen LogP contribution in [0.4, 0.5) is 10.5 Å². The van der Waals surface area contributed by atoms with Crippen LogP contribution in [0.5, 0.6) is 5.75 Å². The zero-order chi connectivity index (χ0) is 18.9. The van der Waals surface area contributed by atoms with Crippen LogP contribution in [0, 0.1) is 0 Å². The van der Waals surface area contributed by atoms with Gasteiger partial charge in [-0.3, -0.25) is 9.78 Å². The molecule has 1 heterocycles. The lowest BCUT2D eigenvalue weighted by Gasteiger charge is -2.12. The highest BCUT2D eigenvalue weighted by Crippen LogP contribution is 2.28. The van der Waals surface area contributed by atoms with E-state index in [4.69, 9.17) is 16.3 Å². The van der Waals surface area contributed by atoms with Crippen molar-refractivity contribution in [1.82, 2.24) is 15.2 Å². The SMILES string of the molecule is CN(C)C(=O)CCNC(=O)Nc1ccc(OCc2ccccn2)c(Cl)c1. The molecule has 0 radical (unpaired) electrons. The van der Waals surface area contributed by atoms with Crippen LogP contribution in [-0.4, -0.2) is 42.5 Å². The zero-order valence-electron chi connectivity index (χ0n) is 14.7. The summed E-state index contributed by atoms with van der Waals surface area (Å²) in [5.74, 6) is 0.447. The molecule has 0 fully saturated rings. The fourth-order valence-corrected chi connectivity index (χ4v) is 2.25. The van der Waals surface area contributed by atoms with Gasteiger partial charge in [-0.05, 0) is 30.3 Å². The van der Waals surface area contributed by atoms with Gasteiger partial charge < -0.3 is 20.3 Å². The normalized spacial score (nSPS) is 10.1. The number of carbonyl (C=O) groups is 2. The van der Waals surface area contributed by atoms with E-state index >= 15 is 0 Å². The number of rotatable bonds is 7. The van der Waals surface area contributed by atoms with Gasteiger partial charge in [-0.25, -0.2) is 4.79 Å². The number of pyridine rings is 1. The second kappa shape index (κ2) is 9.62. The molecule has 0 bridgehead atoms. The van der Waals surface area contributed by atoms with Gasteiger partial charge in [0.1, 0.15) is 12.4 Å². The lowest BCUT2D eigenvalue weighted by atomic mass is 10.3. The molecule has 2 rings (SSSR count). The Kier molecular flexibility index (Phi) is 7.23. The van der Waals surface area contributed by atoms with Gasteiger partial charge in [0.05, 0.1) is 10.7 Å². The van der Waals surface area contributed by atoms with Gasteiger partial charge in [0.25, 0.3) is 0 Å². The summed E-state index contributed by atoms with van der Waals surface area (Å²) in [6, 6.07) is 10.1. The number of urea groups is 1. The van der Waals surface area contributed by atoms with Gasteiger partial charge >= 0.3 is 6.03 Å². The lowest BCUT2D eigenvalue weighted by molar-refractivity contribution is -0.128. The molecule has 0 unspecified atom stereocenters. The third-order valence-corrected chi connectivity index (χ3v) is 3.71. The van der Waals surface area contributed by atoms with Gasteiger partial charge in [0, 0.05) is 38.9 Å². The van der Waals surface area contributed by atoms with Gasteiger partial charge in [0.2, 0.25) is 5.91 Å². The molecule has 0 saturated heterocycles. The number of nitrogens with one attached hydrogen (secondary N) is 2. The number of halogens is 1. The van der Waals surface area contributed by atoms with Crippen molar-refractivity contribution < 1.29 is 14.3 Å². The first-order valence-corrected chi connectivity index (χ1v) is 8.41. The molecule has 0 saturated carbocycles. The predicted molar refractivity (Wildman–Crippen MR) is 100 cm³/mol. The number of ether oxygens (including phenoxy) is 1. The number of benzene rings is 1.